The lowest BCUT2D eigenvalue weighted by Crippen LogP contribution is -2.46. The summed E-state index contributed by atoms with van der Waals surface area (Å²) in [6, 6.07) is 9.59. The maximum atomic E-state index is 13.0. The number of amides is 4. The van der Waals surface area contributed by atoms with E-state index in [1.54, 1.807) is 55.3 Å². The smallest absolute Gasteiger partial charge is 0.270 e. The van der Waals surface area contributed by atoms with Crippen molar-refractivity contribution in [3.8, 4) is 0 Å². The standard InChI is InChI=1S/C23H24N4O4/c1-14(2)27-22(30)17-7-6-15(13-18(17)23(27)31)21(29)26-11-8-16(9-12-26)25-20(28)19-5-3-4-10-24-19/h3-7,10,13-14,16H,8-9,11-12H2,1-2H3,(H,25,28). The molecule has 2 aliphatic rings. The summed E-state index contributed by atoms with van der Waals surface area (Å²) in [5.41, 5.74) is 1.38. The molecule has 2 aliphatic heterocycles. The van der Waals surface area contributed by atoms with Crippen molar-refractivity contribution in [1.29, 1.82) is 0 Å². The summed E-state index contributed by atoms with van der Waals surface area (Å²) >= 11 is 0. The topological polar surface area (TPSA) is 99.7 Å². The minimum absolute atomic E-state index is 0.0302. The molecule has 0 radical (unpaired) electrons. The van der Waals surface area contributed by atoms with Gasteiger partial charge in [0, 0.05) is 36.9 Å². The van der Waals surface area contributed by atoms with E-state index in [1.807, 2.05) is 0 Å². The third kappa shape index (κ3) is 3.93. The van der Waals surface area contributed by atoms with E-state index in [0.29, 0.717) is 42.8 Å². The van der Waals surface area contributed by atoms with E-state index in [4.69, 9.17) is 0 Å². The molecule has 4 rings (SSSR count). The molecule has 0 saturated carbocycles. The lowest BCUT2D eigenvalue weighted by atomic mass is 10.0. The number of carbonyl (C=O) groups excluding carboxylic acids is 4. The van der Waals surface area contributed by atoms with Crippen molar-refractivity contribution in [2.45, 2.75) is 38.8 Å². The van der Waals surface area contributed by atoms with E-state index < -0.39 is 0 Å². The molecule has 8 nitrogen and oxygen atoms in total. The first-order valence-corrected chi connectivity index (χ1v) is 10.4. The molecule has 0 atom stereocenters. The monoisotopic (exact) mass is 420 g/mol. The minimum atomic E-state index is -0.361. The third-order valence-electron chi connectivity index (χ3n) is 5.70. The highest BCUT2D eigenvalue weighted by Gasteiger charge is 2.38. The SMILES string of the molecule is CC(C)N1C(=O)c2ccc(C(=O)N3CCC(NC(=O)c4ccccn4)CC3)cc2C1=O. The quantitative estimate of drug-likeness (QED) is 0.764. The number of pyridine rings is 1. The number of nitrogens with one attached hydrogen (secondary N) is 1. The minimum Gasteiger partial charge on any atom is -0.348 e. The molecule has 1 N–H and O–H groups in total. The number of nitrogens with zero attached hydrogens (tertiary/aromatic N) is 3. The molecule has 0 aliphatic carbocycles. The maximum Gasteiger partial charge on any atom is 0.270 e. The Labute approximate surface area is 180 Å². The molecule has 3 heterocycles. The normalized spacial score (nSPS) is 16.6. The Balaban J connectivity index is 1.39. The van der Waals surface area contributed by atoms with Crippen LogP contribution in [0.15, 0.2) is 42.6 Å². The van der Waals surface area contributed by atoms with Crippen LogP contribution in [0.25, 0.3) is 0 Å². The van der Waals surface area contributed by atoms with Crippen molar-refractivity contribution >= 4 is 23.6 Å². The fourth-order valence-electron chi connectivity index (χ4n) is 4.03. The fourth-order valence-corrected chi connectivity index (χ4v) is 4.03. The fraction of sp³-hybridized carbons (Fsp3) is 0.348. The number of fused-ring (bicyclic) bond motifs is 1. The predicted octanol–water partition coefficient (Wildman–Crippen LogP) is 2.12. The lowest BCUT2D eigenvalue weighted by Gasteiger charge is -2.32. The number of piperidine rings is 1. The number of carbonyl (C=O) groups is 4. The van der Waals surface area contributed by atoms with Crippen molar-refractivity contribution in [3.05, 3.63) is 65.0 Å². The average molecular weight is 420 g/mol. The van der Waals surface area contributed by atoms with Gasteiger partial charge in [0.2, 0.25) is 0 Å². The molecule has 1 aromatic heterocycles. The van der Waals surface area contributed by atoms with Crippen LogP contribution >= 0.6 is 0 Å². The molecule has 1 aromatic carbocycles. The van der Waals surface area contributed by atoms with Crippen LogP contribution < -0.4 is 5.32 Å². The second-order valence-electron chi connectivity index (χ2n) is 8.09. The summed E-state index contributed by atoms with van der Waals surface area (Å²) in [5, 5.41) is 2.97. The summed E-state index contributed by atoms with van der Waals surface area (Å²) in [4.78, 5) is 57.3. The van der Waals surface area contributed by atoms with Crippen molar-refractivity contribution in [1.82, 2.24) is 20.1 Å². The number of aromatic nitrogens is 1. The van der Waals surface area contributed by atoms with E-state index in [0.717, 1.165) is 0 Å². The molecule has 8 heteroatoms. The summed E-state index contributed by atoms with van der Waals surface area (Å²) in [7, 11) is 0. The van der Waals surface area contributed by atoms with Gasteiger partial charge in [-0.15, -0.1) is 0 Å². The molecule has 0 spiro atoms. The van der Waals surface area contributed by atoms with Crippen molar-refractivity contribution in [2.75, 3.05) is 13.1 Å². The zero-order valence-electron chi connectivity index (χ0n) is 17.5. The van der Waals surface area contributed by atoms with E-state index in [9.17, 15) is 19.2 Å². The second kappa shape index (κ2) is 8.29. The molecule has 1 saturated heterocycles. The number of rotatable bonds is 4. The molecular formula is C23H24N4O4. The highest BCUT2D eigenvalue weighted by molar-refractivity contribution is 6.22. The largest absolute Gasteiger partial charge is 0.348 e. The van der Waals surface area contributed by atoms with Gasteiger partial charge in [0.15, 0.2) is 0 Å². The van der Waals surface area contributed by atoms with Crippen LogP contribution in [0.3, 0.4) is 0 Å². The van der Waals surface area contributed by atoms with E-state index in [1.165, 1.54) is 11.0 Å². The Hall–Kier alpha value is -3.55. The van der Waals surface area contributed by atoms with Gasteiger partial charge in [0.05, 0.1) is 11.1 Å². The molecule has 0 unspecified atom stereocenters. The van der Waals surface area contributed by atoms with Gasteiger partial charge in [-0.2, -0.15) is 0 Å². The van der Waals surface area contributed by atoms with Crippen LogP contribution in [-0.4, -0.2) is 63.6 Å². The van der Waals surface area contributed by atoms with Crippen molar-refractivity contribution in [3.63, 3.8) is 0 Å². The number of hydrogen-bond donors (Lipinski definition) is 1. The first-order valence-electron chi connectivity index (χ1n) is 10.4. The highest BCUT2D eigenvalue weighted by Crippen LogP contribution is 2.26. The van der Waals surface area contributed by atoms with Crippen LogP contribution in [0.4, 0.5) is 0 Å². The lowest BCUT2D eigenvalue weighted by molar-refractivity contribution is 0.0607. The number of imide groups is 1. The Morgan fingerprint density at radius 1 is 1.03 bits per heavy atom. The van der Waals surface area contributed by atoms with Crippen molar-refractivity contribution in [2.24, 2.45) is 0 Å². The zero-order chi connectivity index (χ0) is 22.1. The number of likely N-dealkylation sites (tertiary alicyclic amines) is 1. The Morgan fingerprint density at radius 2 is 1.74 bits per heavy atom. The molecule has 4 amide bonds. The maximum absolute atomic E-state index is 13.0. The van der Waals surface area contributed by atoms with Crippen LogP contribution in [0.1, 0.15) is 68.3 Å². The summed E-state index contributed by atoms with van der Waals surface area (Å²) in [6.07, 6.45) is 2.84. The van der Waals surface area contributed by atoms with Gasteiger partial charge in [0.25, 0.3) is 23.6 Å². The second-order valence-corrected chi connectivity index (χ2v) is 8.09. The molecule has 0 bridgehead atoms. The molecule has 31 heavy (non-hydrogen) atoms. The van der Waals surface area contributed by atoms with Crippen LogP contribution in [-0.2, 0) is 0 Å². The van der Waals surface area contributed by atoms with E-state index >= 15 is 0 Å². The third-order valence-corrected chi connectivity index (χ3v) is 5.70. The Bertz CT molecular complexity index is 1040. The summed E-state index contributed by atoms with van der Waals surface area (Å²) in [5.74, 6) is -1.08. The van der Waals surface area contributed by atoms with Crippen molar-refractivity contribution < 1.29 is 19.2 Å². The highest BCUT2D eigenvalue weighted by atomic mass is 16.2. The van der Waals surface area contributed by atoms with Gasteiger partial charge in [-0.1, -0.05) is 6.07 Å². The van der Waals surface area contributed by atoms with E-state index in [2.05, 4.69) is 10.3 Å². The van der Waals surface area contributed by atoms with Gasteiger partial charge in [-0.3, -0.25) is 29.1 Å². The van der Waals surface area contributed by atoms with Crippen LogP contribution in [0, 0.1) is 0 Å². The van der Waals surface area contributed by atoms with E-state index in [-0.39, 0.29) is 41.3 Å². The van der Waals surface area contributed by atoms with Gasteiger partial charge >= 0.3 is 0 Å². The summed E-state index contributed by atoms with van der Waals surface area (Å²) in [6.45, 7) is 4.55. The first-order chi connectivity index (χ1) is 14.9. The van der Waals surface area contributed by atoms with Crippen LogP contribution in [0.2, 0.25) is 0 Å². The Morgan fingerprint density at radius 3 is 2.39 bits per heavy atom. The summed E-state index contributed by atoms with van der Waals surface area (Å²) < 4.78 is 0. The Kier molecular flexibility index (Phi) is 5.54. The van der Waals surface area contributed by atoms with Gasteiger partial charge < -0.3 is 10.2 Å². The molecule has 160 valence electrons. The molecule has 1 fully saturated rings. The van der Waals surface area contributed by atoms with Gasteiger partial charge in [0.1, 0.15) is 5.69 Å². The predicted molar refractivity (Wildman–Crippen MR) is 113 cm³/mol. The number of benzene rings is 1. The van der Waals surface area contributed by atoms with Gasteiger partial charge in [-0.25, -0.2) is 0 Å². The van der Waals surface area contributed by atoms with Gasteiger partial charge in [-0.05, 0) is 57.0 Å². The number of hydrogen-bond acceptors (Lipinski definition) is 5. The molecule has 2 aromatic rings. The zero-order valence-corrected chi connectivity index (χ0v) is 17.5. The first kappa shape index (κ1) is 20.7. The van der Waals surface area contributed by atoms with Crippen LogP contribution in [0.5, 0.6) is 0 Å². The average Bonchev–Trinajstić information content (AvgIpc) is 3.04. The molecular weight excluding hydrogens is 396 g/mol.